The molecule has 2 aliphatic rings. The molecule has 25 heavy (non-hydrogen) atoms. The average Bonchev–Trinajstić information content (AvgIpc) is 2.56. The molecule has 0 aromatic heterocycles. The topological polar surface area (TPSA) is 53.6 Å². The fourth-order valence-corrected chi connectivity index (χ4v) is 3.48. The maximum absolute atomic E-state index is 12.5. The summed E-state index contributed by atoms with van der Waals surface area (Å²) in [6.07, 6.45) is 2.12. The van der Waals surface area contributed by atoms with Gasteiger partial charge < -0.3 is 15.4 Å². The second-order valence-electron chi connectivity index (χ2n) is 6.58. The molecule has 2 saturated heterocycles. The Balaban J connectivity index is 0.00000156. The van der Waals surface area contributed by atoms with Gasteiger partial charge in [-0.15, -0.1) is 24.8 Å². The summed E-state index contributed by atoms with van der Waals surface area (Å²) < 4.78 is 5.57. The van der Waals surface area contributed by atoms with Crippen molar-refractivity contribution in [3.63, 3.8) is 0 Å². The number of carbonyl (C=O) groups is 1. The molecule has 5 nitrogen and oxygen atoms in total. The molecule has 2 aliphatic heterocycles. The molecule has 3 rings (SSSR count). The zero-order valence-corrected chi connectivity index (χ0v) is 16.3. The maximum Gasteiger partial charge on any atom is 0.240 e. The van der Waals surface area contributed by atoms with Crippen molar-refractivity contribution in [1.82, 2.24) is 15.5 Å². The third kappa shape index (κ3) is 6.42. The Hall–Kier alpha value is -0.850. The normalized spacial score (nSPS) is 26.8. The van der Waals surface area contributed by atoms with Crippen LogP contribution in [0.2, 0.25) is 0 Å². The van der Waals surface area contributed by atoms with E-state index in [2.05, 4.69) is 39.8 Å². The minimum atomic E-state index is -0.228. The van der Waals surface area contributed by atoms with Crippen LogP contribution < -0.4 is 10.6 Å². The van der Waals surface area contributed by atoms with Gasteiger partial charge in [-0.05, 0) is 31.9 Å². The maximum atomic E-state index is 12.5. The van der Waals surface area contributed by atoms with E-state index in [1.165, 1.54) is 5.56 Å². The zero-order chi connectivity index (χ0) is 16.1. The van der Waals surface area contributed by atoms with Crippen LogP contribution in [0.25, 0.3) is 0 Å². The quantitative estimate of drug-likeness (QED) is 0.826. The van der Waals surface area contributed by atoms with Crippen LogP contribution in [0.4, 0.5) is 0 Å². The lowest BCUT2D eigenvalue weighted by atomic mass is 10.0. The summed E-state index contributed by atoms with van der Waals surface area (Å²) in [6, 6.07) is 10.5. The molecule has 1 aromatic carbocycles. The summed E-state index contributed by atoms with van der Waals surface area (Å²) >= 11 is 0. The molecule has 1 aromatic rings. The molecule has 3 atom stereocenters. The standard InChI is InChI=1S/C18H27N3O2.2ClH/c1-14-17(19-9-11-23-14)18(22)20-16-8-5-10-21(13-16)12-15-6-3-2-4-7-15;;/h2-4,6-7,14,16-17,19H,5,8-13H2,1H3,(H,20,22);2*1H/t14-,16?,17+;;/m1../s1. The summed E-state index contributed by atoms with van der Waals surface area (Å²) in [6.45, 7) is 6.35. The van der Waals surface area contributed by atoms with Crippen LogP contribution in [0, 0.1) is 0 Å². The second kappa shape index (κ2) is 11.0. The van der Waals surface area contributed by atoms with Crippen LogP contribution >= 0.6 is 24.8 Å². The Kier molecular flexibility index (Phi) is 9.75. The van der Waals surface area contributed by atoms with Crippen molar-refractivity contribution in [2.45, 2.75) is 44.5 Å². The van der Waals surface area contributed by atoms with E-state index in [4.69, 9.17) is 4.74 Å². The van der Waals surface area contributed by atoms with Crippen molar-refractivity contribution in [2.75, 3.05) is 26.2 Å². The Morgan fingerprint density at radius 1 is 1.32 bits per heavy atom. The van der Waals surface area contributed by atoms with E-state index in [-0.39, 0.29) is 48.9 Å². The Morgan fingerprint density at radius 2 is 2.08 bits per heavy atom. The van der Waals surface area contributed by atoms with Crippen LogP contribution in [-0.2, 0) is 16.1 Å². The number of morpholine rings is 1. The lowest BCUT2D eigenvalue weighted by Crippen LogP contribution is -2.58. The molecule has 0 saturated carbocycles. The van der Waals surface area contributed by atoms with E-state index in [1.54, 1.807) is 0 Å². The van der Waals surface area contributed by atoms with Gasteiger partial charge in [-0.1, -0.05) is 30.3 Å². The SMILES string of the molecule is C[C@H]1OCCN[C@@H]1C(=O)NC1CCCN(Cc2ccccc2)C1.Cl.Cl. The number of carbonyl (C=O) groups excluding carboxylic acids is 1. The fraction of sp³-hybridized carbons (Fsp3) is 0.611. The van der Waals surface area contributed by atoms with E-state index in [0.717, 1.165) is 39.0 Å². The molecular weight excluding hydrogens is 361 g/mol. The lowest BCUT2D eigenvalue weighted by molar-refractivity contribution is -0.130. The van der Waals surface area contributed by atoms with Gasteiger partial charge in [-0.25, -0.2) is 0 Å². The predicted molar refractivity (Wildman–Crippen MR) is 105 cm³/mol. The Morgan fingerprint density at radius 3 is 2.80 bits per heavy atom. The minimum absolute atomic E-state index is 0. The van der Waals surface area contributed by atoms with Crippen molar-refractivity contribution in [1.29, 1.82) is 0 Å². The summed E-state index contributed by atoms with van der Waals surface area (Å²) in [5.74, 6) is 0.0729. The number of nitrogens with one attached hydrogen (secondary N) is 2. The minimum Gasteiger partial charge on any atom is -0.375 e. The number of rotatable bonds is 4. The number of ether oxygens (including phenoxy) is 1. The first-order chi connectivity index (χ1) is 11.2. The van der Waals surface area contributed by atoms with Crippen LogP contribution in [0.1, 0.15) is 25.3 Å². The summed E-state index contributed by atoms with van der Waals surface area (Å²) in [5.41, 5.74) is 1.33. The molecule has 1 amide bonds. The van der Waals surface area contributed by atoms with Crippen LogP contribution in [0.3, 0.4) is 0 Å². The Bertz CT molecular complexity index is 518. The number of hydrogen-bond acceptors (Lipinski definition) is 4. The molecule has 1 unspecified atom stereocenters. The smallest absolute Gasteiger partial charge is 0.240 e. The van der Waals surface area contributed by atoms with Crippen molar-refractivity contribution >= 4 is 30.7 Å². The van der Waals surface area contributed by atoms with E-state index in [9.17, 15) is 4.79 Å². The summed E-state index contributed by atoms with van der Waals surface area (Å²) in [5, 5.41) is 6.47. The second-order valence-corrected chi connectivity index (χ2v) is 6.58. The van der Waals surface area contributed by atoms with Gasteiger partial charge in [0.05, 0.1) is 12.7 Å². The lowest BCUT2D eigenvalue weighted by Gasteiger charge is -2.35. The van der Waals surface area contributed by atoms with E-state index in [1.807, 2.05) is 13.0 Å². The summed E-state index contributed by atoms with van der Waals surface area (Å²) in [7, 11) is 0. The van der Waals surface area contributed by atoms with Crippen LogP contribution in [0.15, 0.2) is 30.3 Å². The van der Waals surface area contributed by atoms with Crippen LogP contribution in [-0.4, -0.2) is 55.2 Å². The molecule has 0 bridgehead atoms. The number of amides is 1. The number of piperidine rings is 1. The number of hydrogen-bond donors (Lipinski definition) is 2. The highest BCUT2D eigenvalue weighted by Gasteiger charge is 2.30. The molecule has 2 fully saturated rings. The number of nitrogens with zero attached hydrogens (tertiary/aromatic N) is 1. The molecule has 2 N–H and O–H groups in total. The highest BCUT2D eigenvalue weighted by molar-refractivity contribution is 5.85. The first-order valence-corrected chi connectivity index (χ1v) is 8.64. The van der Waals surface area contributed by atoms with Gasteiger partial charge in [0.25, 0.3) is 0 Å². The monoisotopic (exact) mass is 389 g/mol. The largest absolute Gasteiger partial charge is 0.375 e. The Labute approximate surface area is 162 Å². The number of halogens is 2. The van der Waals surface area contributed by atoms with Gasteiger partial charge in [-0.3, -0.25) is 9.69 Å². The predicted octanol–water partition coefficient (Wildman–Crippen LogP) is 1.99. The van der Waals surface area contributed by atoms with Gasteiger partial charge in [0.1, 0.15) is 6.04 Å². The van der Waals surface area contributed by atoms with E-state index >= 15 is 0 Å². The zero-order valence-electron chi connectivity index (χ0n) is 14.6. The molecule has 0 radical (unpaired) electrons. The van der Waals surface area contributed by atoms with E-state index < -0.39 is 0 Å². The average molecular weight is 390 g/mol. The van der Waals surface area contributed by atoms with E-state index in [0.29, 0.717) is 6.61 Å². The number of likely N-dealkylation sites (tertiary alicyclic amines) is 1. The van der Waals surface area contributed by atoms with Gasteiger partial charge in [0, 0.05) is 25.7 Å². The third-order valence-corrected chi connectivity index (χ3v) is 4.70. The highest BCUT2D eigenvalue weighted by Crippen LogP contribution is 2.14. The molecule has 0 spiro atoms. The van der Waals surface area contributed by atoms with Gasteiger partial charge in [-0.2, -0.15) is 0 Å². The van der Waals surface area contributed by atoms with Crippen molar-refractivity contribution < 1.29 is 9.53 Å². The van der Waals surface area contributed by atoms with Gasteiger partial charge in [0.2, 0.25) is 5.91 Å². The third-order valence-electron chi connectivity index (χ3n) is 4.70. The molecule has 142 valence electrons. The molecular formula is C18H29Cl2N3O2. The van der Waals surface area contributed by atoms with Crippen LogP contribution in [0.5, 0.6) is 0 Å². The fourth-order valence-electron chi connectivity index (χ4n) is 3.48. The molecule has 2 heterocycles. The summed E-state index contributed by atoms with van der Waals surface area (Å²) in [4.78, 5) is 14.9. The first-order valence-electron chi connectivity index (χ1n) is 8.64. The highest BCUT2D eigenvalue weighted by atomic mass is 35.5. The van der Waals surface area contributed by atoms with Crippen molar-refractivity contribution in [3.8, 4) is 0 Å². The number of benzene rings is 1. The molecule has 7 heteroatoms. The van der Waals surface area contributed by atoms with Gasteiger partial charge in [0.15, 0.2) is 0 Å². The first kappa shape index (κ1) is 22.2. The molecule has 0 aliphatic carbocycles. The van der Waals surface area contributed by atoms with Crippen molar-refractivity contribution in [3.05, 3.63) is 35.9 Å². The van der Waals surface area contributed by atoms with Crippen molar-refractivity contribution in [2.24, 2.45) is 0 Å². The van der Waals surface area contributed by atoms with Gasteiger partial charge >= 0.3 is 0 Å².